The van der Waals surface area contributed by atoms with Gasteiger partial charge in [-0.1, -0.05) is 15.9 Å². The van der Waals surface area contributed by atoms with Crippen molar-refractivity contribution in [1.82, 2.24) is 10.2 Å². The maximum absolute atomic E-state index is 12.1. The standard InChI is InChI=1S/C13H9BrN2O4S/c1-16-12(18)7(11(17)15-13(16)21)2-6-3-9-10(4-8(6)14)20-5-19-9/h2-4H,5H2,1H3,(H,15,17,21)/b7-2+. The Labute approximate surface area is 133 Å². The Hall–Kier alpha value is -1.93. The molecule has 0 radical (unpaired) electrons. The maximum Gasteiger partial charge on any atom is 0.265 e. The van der Waals surface area contributed by atoms with Crippen LogP contribution in [0, 0.1) is 0 Å². The van der Waals surface area contributed by atoms with Gasteiger partial charge in [-0.2, -0.15) is 0 Å². The normalized spacial score (nSPS) is 19.2. The fraction of sp³-hybridized carbons (Fsp3) is 0.154. The molecular formula is C13H9BrN2O4S. The first kappa shape index (κ1) is 14.0. The van der Waals surface area contributed by atoms with E-state index in [1.165, 1.54) is 18.0 Å². The Morgan fingerprint density at radius 2 is 2.00 bits per heavy atom. The van der Waals surface area contributed by atoms with E-state index < -0.39 is 11.8 Å². The fourth-order valence-corrected chi connectivity index (χ4v) is 2.56. The largest absolute Gasteiger partial charge is 0.454 e. The van der Waals surface area contributed by atoms with E-state index in [1.807, 2.05) is 0 Å². The predicted octanol–water partition coefficient (Wildman–Crippen LogP) is 1.43. The van der Waals surface area contributed by atoms with Gasteiger partial charge >= 0.3 is 0 Å². The van der Waals surface area contributed by atoms with E-state index in [2.05, 4.69) is 21.2 Å². The molecular weight excluding hydrogens is 360 g/mol. The van der Waals surface area contributed by atoms with Crippen LogP contribution in [0.3, 0.4) is 0 Å². The molecule has 1 N–H and O–H groups in total. The highest BCUT2D eigenvalue weighted by molar-refractivity contribution is 9.10. The van der Waals surface area contributed by atoms with Gasteiger partial charge in [-0.15, -0.1) is 0 Å². The van der Waals surface area contributed by atoms with Crippen LogP contribution in [0.25, 0.3) is 6.08 Å². The zero-order valence-corrected chi connectivity index (χ0v) is 13.2. The summed E-state index contributed by atoms with van der Waals surface area (Å²) in [4.78, 5) is 25.3. The number of hydrogen-bond acceptors (Lipinski definition) is 5. The molecule has 3 rings (SSSR count). The number of benzene rings is 1. The van der Waals surface area contributed by atoms with Crippen molar-refractivity contribution in [1.29, 1.82) is 0 Å². The van der Waals surface area contributed by atoms with Gasteiger partial charge < -0.3 is 9.47 Å². The third-order valence-electron chi connectivity index (χ3n) is 3.10. The minimum atomic E-state index is -0.521. The summed E-state index contributed by atoms with van der Waals surface area (Å²) in [5.74, 6) is 0.209. The van der Waals surface area contributed by atoms with Crippen molar-refractivity contribution >= 4 is 51.2 Å². The average molecular weight is 369 g/mol. The lowest BCUT2D eigenvalue weighted by atomic mass is 10.1. The molecule has 0 saturated carbocycles. The van der Waals surface area contributed by atoms with Crippen LogP contribution in [0.4, 0.5) is 0 Å². The SMILES string of the molecule is CN1C(=O)/C(=C/c2cc3c(cc2Br)OCO3)C(=O)NC1=S. The van der Waals surface area contributed by atoms with Gasteiger partial charge in [0.1, 0.15) is 5.57 Å². The van der Waals surface area contributed by atoms with Crippen LogP contribution in [-0.2, 0) is 9.59 Å². The van der Waals surface area contributed by atoms with E-state index in [-0.39, 0.29) is 17.5 Å². The molecule has 1 saturated heterocycles. The molecule has 0 aromatic heterocycles. The summed E-state index contributed by atoms with van der Waals surface area (Å²) in [5.41, 5.74) is 0.643. The highest BCUT2D eigenvalue weighted by atomic mass is 79.9. The predicted molar refractivity (Wildman–Crippen MR) is 81.8 cm³/mol. The van der Waals surface area contributed by atoms with E-state index in [0.717, 1.165) is 0 Å². The number of amides is 2. The summed E-state index contributed by atoms with van der Waals surface area (Å²) in [6.07, 6.45) is 1.49. The number of thiocarbonyl (C=S) groups is 1. The van der Waals surface area contributed by atoms with Gasteiger partial charge in [-0.25, -0.2) is 0 Å². The number of nitrogens with zero attached hydrogens (tertiary/aromatic N) is 1. The van der Waals surface area contributed by atoms with Crippen LogP contribution >= 0.6 is 28.1 Å². The number of halogens is 1. The van der Waals surface area contributed by atoms with Crippen molar-refractivity contribution in [3.05, 3.63) is 27.7 Å². The summed E-state index contributed by atoms with van der Waals surface area (Å²) in [6, 6.07) is 3.43. The number of carbonyl (C=O) groups excluding carboxylic acids is 2. The highest BCUT2D eigenvalue weighted by Crippen LogP contribution is 2.37. The summed E-state index contributed by atoms with van der Waals surface area (Å²) in [5, 5.41) is 2.55. The number of likely N-dealkylation sites (N-methyl/N-ethyl adjacent to an activating group) is 1. The summed E-state index contributed by atoms with van der Waals surface area (Å²) >= 11 is 8.27. The van der Waals surface area contributed by atoms with Gasteiger partial charge in [0.25, 0.3) is 11.8 Å². The van der Waals surface area contributed by atoms with E-state index in [0.29, 0.717) is 21.5 Å². The molecule has 0 atom stereocenters. The molecule has 2 heterocycles. The number of carbonyl (C=O) groups is 2. The second kappa shape index (κ2) is 5.12. The van der Waals surface area contributed by atoms with Crippen LogP contribution < -0.4 is 14.8 Å². The Bertz CT molecular complexity index is 716. The van der Waals surface area contributed by atoms with Crippen molar-refractivity contribution in [3.63, 3.8) is 0 Å². The molecule has 2 amide bonds. The van der Waals surface area contributed by atoms with Gasteiger partial charge in [0.15, 0.2) is 16.6 Å². The van der Waals surface area contributed by atoms with E-state index in [1.54, 1.807) is 12.1 Å². The molecule has 2 aliphatic rings. The zero-order chi connectivity index (χ0) is 15.1. The van der Waals surface area contributed by atoms with E-state index in [4.69, 9.17) is 21.7 Å². The zero-order valence-electron chi connectivity index (χ0n) is 10.8. The van der Waals surface area contributed by atoms with Crippen LogP contribution in [-0.4, -0.2) is 35.7 Å². The van der Waals surface area contributed by atoms with E-state index >= 15 is 0 Å². The smallest absolute Gasteiger partial charge is 0.265 e. The number of rotatable bonds is 1. The molecule has 1 fully saturated rings. The molecule has 0 aliphatic carbocycles. The number of nitrogens with one attached hydrogen (secondary N) is 1. The Kier molecular flexibility index (Phi) is 3.42. The highest BCUT2D eigenvalue weighted by Gasteiger charge is 2.31. The van der Waals surface area contributed by atoms with Gasteiger partial charge in [0.2, 0.25) is 6.79 Å². The average Bonchev–Trinajstić information content (AvgIpc) is 2.88. The molecule has 1 aromatic rings. The summed E-state index contributed by atoms with van der Waals surface area (Å²) in [7, 11) is 1.51. The molecule has 0 spiro atoms. The molecule has 1 aromatic carbocycles. The number of hydrogen-bond donors (Lipinski definition) is 1. The lowest BCUT2D eigenvalue weighted by molar-refractivity contribution is -0.128. The lowest BCUT2D eigenvalue weighted by Gasteiger charge is -2.25. The maximum atomic E-state index is 12.1. The first-order valence-electron chi connectivity index (χ1n) is 5.91. The van der Waals surface area contributed by atoms with Crippen molar-refractivity contribution in [2.75, 3.05) is 13.8 Å². The van der Waals surface area contributed by atoms with Gasteiger partial charge in [-0.05, 0) is 36.0 Å². The molecule has 6 nitrogen and oxygen atoms in total. The third-order valence-corrected chi connectivity index (χ3v) is 4.16. The molecule has 0 bridgehead atoms. The van der Waals surface area contributed by atoms with Crippen molar-refractivity contribution in [3.8, 4) is 11.5 Å². The summed E-state index contributed by atoms with van der Waals surface area (Å²) in [6.45, 7) is 0.151. The molecule has 108 valence electrons. The third kappa shape index (κ3) is 2.40. The Morgan fingerprint density at radius 3 is 2.71 bits per heavy atom. The van der Waals surface area contributed by atoms with Crippen molar-refractivity contribution in [2.45, 2.75) is 0 Å². The Morgan fingerprint density at radius 1 is 1.33 bits per heavy atom. The Balaban J connectivity index is 2.03. The minimum absolute atomic E-state index is 0.00525. The fourth-order valence-electron chi connectivity index (χ4n) is 1.94. The number of ether oxygens (including phenoxy) is 2. The second-order valence-electron chi connectivity index (χ2n) is 4.41. The monoisotopic (exact) mass is 368 g/mol. The van der Waals surface area contributed by atoms with E-state index in [9.17, 15) is 9.59 Å². The van der Waals surface area contributed by atoms with Crippen molar-refractivity contribution in [2.24, 2.45) is 0 Å². The van der Waals surface area contributed by atoms with Gasteiger partial charge in [-0.3, -0.25) is 19.8 Å². The quantitative estimate of drug-likeness (QED) is 0.461. The van der Waals surface area contributed by atoms with Crippen LogP contribution in [0.2, 0.25) is 0 Å². The minimum Gasteiger partial charge on any atom is -0.454 e. The topological polar surface area (TPSA) is 67.9 Å². The van der Waals surface area contributed by atoms with Gasteiger partial charge in [0.05, 0.1) is 0 Å². The second-order valence-corrected chi connectivity index (χ2v) is 5.65. The van der Waals surface area contributed by atoms with Gasteiger partial charge in [0, 0.05) is 11.5 Å². The summed E-state index contributed by atoms with van der Waals surface area (Å²) < 4.78 is 11.2. The first-order chi connectivity index (χ1) is 9.97. The number of fused-ring (bicyclic) bond motifs is 1. The molecule has 21 heavy (non-hydrogen) atoms. The molecule has 2 aliphatic heterocycles. The van der Waals surface area contributed by atoms with Crippen LogP contribution in [0.1, 0.15) is 5.56 Å². The molecule has 8 heteroatoms. The first-order valence-corrected chi connectivity index (χ1v) is 7.11. The van der Waals surface area contributed by atoms with Crippen LogP contribution in [0.5, 0.6) is 11.5 Å². The van der Waals surface area contributed by atoms with Crippen molar-refractivity contribution < 1.29 is 19.1 Å². The van der Waals surface area contributed by atoms with Crippen LogP contribution in [0.15, 0.2) is 22.2 Å². The molecule has 0 unspecified atom stereocenters. The lowest BCUT2D eigenvalue weighted by Crippen LogP contribution is -2.52.